The predicted molar refractivity (Wildman–Crippen MR) is 106 cm³/mol. The minimum absolute atomic E-state index is 0.0538. The lowest BCUT2D eigenvalue weighted by Crippen LogP contribution is -2.52. The van der Waals surface area contributed by atoms with Gasteiger partial charge in [-0.1, -0.05) is 60.7 Å². The summed E-state index contributed by atoms with van der Waals surface area (Å²) in [5.41, 5.74) is 2.45. The van der Waals surface area contributed by atoms with Crippen LogP contribution in [0.3, 0.4) is 0 Å². The van der Waals surface area contributed by atoms with E-state index < -0.39 is 5.54 Å². The molecule has 2 aromatic carbocycles. The van der Waals surface area contributed by atoms with Crippen LogP contribution in [0.25, 0.3) is 5.57 Å². The molecule has 0 aromatic heterocycles. The van der Waals surface area contributed by atoms with Crippen LogP contribution in [-0.4, -0.2) is 61.4 Å². The van der Waals surface area contributed by atoms with Crippen LogP contribution in [-0.2, 0) is 10.3 Å². The first-order chi connectivity index (χ1) is 13.1. The zero-order chi connectivity index (χ0) is 19.3. The number of carbonyl (C=O) groups is 1. The van der Waals surface area contributed by atoms with Crippen molar-refractivity contribution in [1.29, 1.82) is 0 Å². The second kappa shape index (κ2) is 8.37. The average molecular weight is 366 g/mol. The molecule has 1 atom stereocenters. The summed E-state index contributed by atoms with van der Waals surface area (Å²) in [4.78, 5) is 16.5. The van der Waals surface area contributed by atoms with E-state index in [1.54, 1.807) is 19.0 Å². The summed E-state index contributed by atoms with van der Waals surface area (Å²) >= 11 is 0. The van der Waals surface area contributed by atoms with Gasteiger partial charge in [0.2, 0.25) is 0 Å². The van der Waals surface area contributed by atoms with Gasteiger partial charge in [0.05, 0.1) is 19.8 Å². The average Bonchev–Trinajstić information content (AvgIpc) is 3.09. The van der Waals surface area contributed by atoms with Crippen molar-refractivity contribution in [3.63, 3.8) is 0 Å². The first-order valence-corrected chi connectivity index (χ1v) is 9.09. The number of aliphatic hydroxyl groups is 1. The lowest BCUT2D eigenvalue weighted by Gasteiger charge is -2.39. The maximum atomic E-state index is 13.1. The number of urea groups is 1. The third kappa shape index (κ3) is 3.89. The number of hydrogen-bond acceptors (Lipinski definition) is 3. The highest BCUT2D eigenvalue weighted by molar-refractivity contribution is 5.83. The topological polar surface area (TPSA) is 53.0 Å². The molecule has 27 heavy (non-hydrogen) atoms. The molecule has 0 saturated carbocycles. The molecule has 5 heteroatoms. The van der Waals surface area contributed by atoms with Gasteiger partial charge in [0.1, 0.15) is 5.54 Å². The summed E-state index contributed by atoms with van der Waals surface area (Å²) < 4.78 is 5.76. The summed E-state index contributed by atoms with van der Waals surface area (Å²) in [5.74, 6) is 0. The standard InChI is InChI=1S/C22H26N2O3/c1-23(2)21(26)24-16-19(18-9-5-3-6-10-18)15-22(24,17-27-14-13-25)20-11-7-4-8-12-20/h3-12,15,25H,13-14,16-17H2,1-2H3. The van der Waals surface area contributed by atoms with Crippen molar-refractivity contribution < 1.29 is 14.6 Å². The molecule has 0 radical (unpaired) electrons. The molecule has 0 saturated heterocycles. The number of aliphatic hydroxyl groups excluding tert-OH is 1. The zero-order valence-electron chi connectivity index (χ0n) is 15.8. The summed E-state index contributed by atoms with van der Waals surface area (Å²) in [6.45, 7) is 0.959. The number of rotatable bonds is 6. The molecule has 1 aliphatic heterocycles. The number of ether oxygens (including phenoxy) is 1. The van der Waals surface area contributed by atoms with Crippen LogP contribution >= 0.6 is 0 Å². The van der Waals surface area contributed by atoms with E-state index in [1.807, 2.05) is 53.4 Å². The molecule has 0 fully saturated rings. The van der Waals surface area contributed by atoms with Crippen LogP contribution in [0.1, 0.15) is 11.1 Å². The van der Waals surface area contributed by atoms with Crippen molar-refractivity contribution in [1.82, 2.24) is 9.80 Å². The van der Waals surface area contributed by atoms with E-state index in [9.17, 15) is 4.79 Å². The number of amides is 2. The van der Waals surface area contributed by atoms with Crippen molar-refractivity contribution in [3.8, 4) is 0 Å². The number of nitrogens with zero attached hydrogens (tertiary/aromatic N) is 2. The van der Waals surface area contributed by atoms with E-state index in [0.717, 1.165) is 16.7 Å². The Hall–Kier alpha value is -2.63. The molecule has 142 valence electrons. The van der Waals surface area contributed by atoms with Crippen molar-refractivity contribution in [3.05, 3.63) is 77.9 Å². The van der Waals surface area contributed by atoms with Gasteiger partial charge in [-0.25, -0.2) is 4.79 Å². The normalized spacial score (nSPS) is 19.1. The Balaban J connectivity index is 2.10. The Kier molecular flexibility index (Phi) is 5.94. The van der Waals surface area contributed by atoms with Gasteiger partial charge >= 0.3 is 6.03 Å². The molecule has 0 spiro atoms. The van der Waals surface area contributed by atoms with Crippen molar-refractivity contribution in [2.45, 2.75) is 5.54 Å². The third-order valence-corrected chi connectivity index (χ3v) is 4.81. The highest BCUT2D eigenvalue weighted by atomic mass is 16.5. The quantitative estimate of drug-likeness (QED) is 0.800. The van der Waals surface area contributed by atoms with Gasteiger partial charge in [0, 0.05) is 20.6 Å². The van der Waals surface area contributed by atoms with Crippen LogP contribution < -0.4 is 0 Å². The smallest absolute Gasteiger partial charge is 0.320 e. The zero-order valence-corrected chi connectivity index (χ0v) is 15.8. The van der Waals surface area contributed by atoms with E-state index in [0.29, 0.717) is 6.54 Å². The van der Waals surface area contributed by atoms with Crippen LogP contribution in [0.2, 0.25) is 0 Å². The van der Waals surface area contributed by atoms with E-state index in [-0.39, 0.29) is 25.9 Å². The van der Waals surface area contributed by atoms with E-state index in [4.69, 9.17) is 9.84 Å². The van der Waals surface area contributed by atoms with Gasteiger partial charge < -0.3 is 19.6 Å². The van der Waals surface area contributed by atoms with Crippen LogP contribution in [0.4, 0.5) is 4.79 Å². The molecule has 0 bridgehead atoms. The van der Waals surface area contributed by atoms with Crippen molar-refractivity contribution in [2.24, 2.45) is 0 Å². The lowest BCUT2D eigenvalue weighted by molar-refractivity contribution is 0.0237. The molecule has 1 N–H and O–H groups in total. The summed E-state index contributed by atoms with van der Waals surface area (Å²) in [6, 6.07) is 19.9. The van der Waals surface area contributed by atoms with E-state index >= 15 is 0 Å². The largest absolute Gasteiger partial charge is 0.394 e. The SMILES string of the molecule is CN(C)C(=O)N1CC(c2ccccc2)=CC1(COCCO)c1ccccc1. The fourth-order valence-electron chi connectivity index (χ4n) is 3.49. The van der Waals surface area contributed by atoms with Gasteiger partial charge in [-0.15, -0.1) is 0 Å². The first-order valence-electron chi connectivity index (χ1n) is 9.09. The molecule has 1 heterocycles. The fraction of sp³-hybridized carbons (Fsp3) is 0.318. The highest BCUT2D eigenvalue weighted by Gasteiger charge is 2.45. The lowest BCUT2D eigenvalue weighted by atomic mass is 9.89. The number of hydrogen-bond donors (Lipinski definition) is 1. The van der Waals surface area contributed by atoms with E-state index in [2.05, 4.69) is 18.2 Å². The maximum Gasteiger partial charge on any atom is 0.320 e. The van der Waals surface area contributed by atoms with Gasteiger partial charge in [0.15, 0.2) is 0 Å². The van der Waals surface area contributed by atoms with Crippen LogP contribution in [0.15, 0.2) is 66.7 Å². The van der Waals surface area contributed by atoms with Gasteiger partial charge in [-0.3, -0.25) is 0 Å². The Morgan fingerprint density at radius 3 is 2.33 bits per heavy atom. The molecule has 1 unspecified atom stereocenters. The van der Waals surface area contributed by atoms with Crippen molar-refractivity contribution in [2.75, 3.05) is 40.5 Å². The summed E-state index contributed by atoms with van der Waals surface area (Å²) in [6.07, 6.45) is 2.14. The molecule has 1 aliphatic rings. The minimum Gasteiger partial charge on any atom is -0.394 e. The highest BCUT2D eigenvalue weighted by Crippen LogP contribution is 2.41. The van der Waals surface area contributed by atoms with Gasteiger partial charge in [0.25, 0.3) is 0 Å². The molecule has 5 nitrogen and oxygen atoms in total. The number of carbonyl (C=O) groups excluding carboxylic acids is 1. The number of benzene rings is 2. The Labute approximate surface area is 160 Å². The van der Waals surface area contributed by atoms with Crippen LogP contribution in [0.5, 0.6) is 0 Å². The first kappa shape index (κ1) is 19.1. The molecule has 2 aromatic rings. The Bertz CT molecular complexity index is 790. The molecule has 3 rings (SSSR count). The summed E-state index contributed by atoms with van der Waals surface area (Å²) in [7, 11) is 3.51. The fourth-order valence-corrected chi connectivity index (χ4v) is 3.49. The van der Waals surface area contributed by atoms with Gasteiger partial charge in [-0.2, -0.15) is 0 Å². The molecular formula is C22H26N2O3. The molecule has 0 aliphatic carbocycles. The minimum atomic E-state index is -0.719. The van der Waals surface area contributed by atoms with Crippen molar-refractivity contribution >= 4 is 11.6 Å². The maximum absolute atomic E-state index is 13.1. The third-order valence-electron chi connectivity index (χ3n) is 4.81. The monoisotopic (exact) mass is 366 g/mol. The molecule has 2 amide bonds. The predicted octanol–water partition coefficient (Wildman–Crippen LogP) is 2.97. The van der Waals surface area contributed by atoms with Gasteiger partial charge in [-0.05, 0) is 22.8 Å². The molecular weight excluding hydrogens is 340 g/mol. The Morgan fingerprint density at radius 2 is 1.74 bits per heavy atom. The summed E-state index contributed by atoms with van der Waals surface area (Å²) in [5, 5.41) is 9.16. The van der Waals surface area contributed by atoms with E-state index in [1.165, 1.54) is 0 Å². The second-order valence-corrected chi connectivity index (χ2v) is 6.87. The second-order valence-electron chi connectivity index (χ2n) is 6.87. The Morgan fingerprint density at radius 1 is 1.11 bits per heavy atom. The van der Waals surface area contributed by atoms with Crippen LogP contribution in [0, 0.1) is 0 Å².